The maximum Gasteiger partial charge on any atom is 0.337 e. The van der Waals surface area contributed by atoms with Crippen LogP contribution in [0.25, 0.3) is 22.2 Å². The van der Waals surface area contributed by atoms with Gasteiger partial charge in [-0.25, -0.2) is 4.79 Å². The van der Waals surface area contributed by atoms with Crippen LogP contribution in [0, 0.1) is 0 Å². The summed E-state index contributed by atoms with van der Waals surface area (Å²) < 4.78 is 9.93. The molecule has 3 rings (SSSR count). The minimum Gasteiger partial charge on any atom is -0.465 e. The van der Waals surface area contributed by atoms with Crippen LogP contribution < -0.4 is 0 Å². The van der Waals surface area contributed by atoms with Crippen molar-refractivity contribution >= 4 is 16.9 Å². The predicted octanol–water partition coefficient (Wildman–Crippen LogP) is 2.68. The van der Waals surface area contributed by atoms with Gasteiger partial charge in [0.15, 0.2) is 5.58 Å². The fraction of sp³-hybridized carbons (Fsp3) is 0.0714. The van der Waals surface area contributed by atoms with E-state index in [-0.39, 0.29) is 0 Å². The Morgan fingerprint density at radius 2 is 2.00 bits per heavy atom. The lowest BCUT2D eigenvalue weighted by Gasteiger charge is -1.98. The maximum atomic E-state index is 11.4. The molecule has 5 nitrogen and oxygen atoms in total. The van der Waals surface area contributed by atoms with Crippen molar-refractivity contribution in [3.63, 3.8) is 0 Å². The molecule has 2 aromatic heterocycles. The Morgan fingerprint density at radius 3 is 2.74 bits per heavy atom. The molecule has 0 saturated heterocycles. The van der Waals surface area contributed by atoms with Gasteiger partial charge in [-0.3, -0.25) is 4.98 Å². The van der Waals surface area contributed by atoms with Crippen molar-refractivity contribution in [3.8, 4) is 11.3 Å². The molecule has 0 radical (unpaired) electrons. The fourth-order valence-electron chi connectivity index (χ4n) is 1.90. The van der Waals surface area contributed by atoms with Crippen LogP contribution in [0.1, 0.15) is 10.4 Å². The molecule has 3 aromatic rings. The summed E-state index contributed by atoms with van der Waals surface area (Å²) in [6, 6.07) is 8.82. The highest BCUT2D eigenvalue weighted by Gasteiger charge is 2.13. The van der Waals surface area contributed by atoms with Gasteiger partial charge in [0.25, 0.3) is 0 Å². The molecule has 5 heteroatoms. The highest BCUT2D eigenvalue weighted by molar-refractivity contribution is 5.97. The third kappa shape index (κ3) is 1.95. The lowest BCUT2D eigenvalue weighted by Crippen LogP contribution is -2.00. The quantitative estimate of drug-likeness (QED) is 0.658. The number of benzene rings is 1. The van der Waals surface area contributed by atoms with Crippen LogP contribution in [0.4, 0.5) is 0 Å². The number of fused-ring (bicyclic) bond motifs is 1. The number of ether oxygens (including phenoxy) is 1. The number of nitrogens with zero attached hydrogens (tertiary/aromatic N) is 2. The summed E-state index contributed by atoms with van der Waals surface area (Å²) in [6.45, 7) is 0. The van der Waals surface area contributed by atoms with Gasteiger partial charge in [-0.2, -0.15) is 0 Å². The Labute approximate surface area is 108 Å². The van der Waals surface area contributed by atoms with Crippen molar-refractivity contribution in [2.24, 2.45) is 0 Å². The highest BCUT2D eigenvalue weighted by atomic mass is 16.5. The molecule has 0 saturated carbocycles. The van der Waals surface area contributed by atoms with E-state index in [1.54, 1.807) is 30.6 Å². The van der Waals surface area contributed by atoms with E-state index in [9.17, 15) is 4.79 Å². The number of aromatic nitrogens is 2. The SMILES string of the molecule is COC(=O)c1ccc2c(-c3ccncc3)noc2c1. The van der Waals surface area contributed by atoms with Crippen LogP contribution in [0.2, 0.25) is 0 Å². The monoisotopic (exact) mass is 254 g/mol. The minimum atomic E-state index is -0.399. The van der Waals surface area contributed by atoms with E-state index >= 15 is 0 Å². The highest BCUT2D eigenvalue weighted by Crippen LogP contribution is 2.28. The van der Waals surface area contributed by atoms with Crippen molar-refractivity contribution in [1.29, 1.82) is 0 Å². The molecule has 0 bridgehead atoms. The van der Waals surface area contributed by atoms with Crippen LogP contribution in [-0.4, -0.2) is 23.2 Å². The largest absolute Gasteiger partial charge is 0.465 e. The minimum absolute atomic E-state index is 0.399. The normalized spacial score (nSPS) is 10.6. The second kappa shape index (κ2) is 4.53. The second-order valence-electron chi connectivity index (χ2n) is 3.97. The van der Waals surface area contributed by atoms with Gasteiger partial charge in [0.2, 0.25) is 0 Å². The smallest absolute Gasteiger partial charge is 0.337 e. The molecule has 0 amide bonds. The average molecular weight is 254 g/mol. The number of rotatable bonds is 2. The van der Waals surface area contributed by atoms with Crippen LogP contribution in [0.3, 0.4) is 0 Å². The molecule has 0 aliphatic rings. The summed E-state index contributed by atoms with van der Waals surface area (Å²) in [4.78, 5) is 15.4. The molecule has 0 aliphatic heterocycles. The first-order valence-electron chi connectivity index (χ1n) is 5.68. The molecule has 19 heavy (non-hydrogen) atoms. The van der Waals surface area contributed by atoms with Gasteiger partial charge in [-0.1, -0.05) is 5.16 Å². The molecule has 0 spiro atoms. The zero-order chi connectivity index (χ0) is 13.2. The lowest BCUT2D eigenvalue weighted by molar-refractivity contribution is 0.0601. The Bertz CT molecular complexity index is 735. The molecule has 0 N–H and O–H groups in total. The number of hydrogen-bond acceptors (Lipinski definition) is 5. The zero-order valence-corrected chi connectivity index (χ0v) is 10.2. The summed E-state index contributed by atoms with van der Waals surface area (Å²) >= 11 is 0. The van der Waals surface area contributed by atoms with E-state index in [4.69, 9.17) is 4.52 Å². The molecule has 94 valence electrons. The maximum absolute atomic E-state index is 11.4. The van der Waals surface area contributed by atoms with E-state index in [2.05, 4.69) is 14.9 Å². The third-order valence-corrected chi connectivity index (χ3v) is 2.85. The van der Waals surface area contributed by atoms with Gasteiger partial charge in [0, 0.05) is 23.3 Å². The molecule has 2 heterocycles. The van der Waals surface area contributed by atoms with Crippen molar-refractivity contribution in [2.75, 3.05) is 7.11 Å². The molecule has 0 fully saturated rings. The van der Waals surface area contributed by atoms with Crippen LogP contribution in [0.5, 0.6) is 0 Å². The molecule has 0 aliphatic carbocycles. The molecule has 0 unspecified atom stereocenters. The number of pyridine rings is 1. The van der Waals surface area contributed by atoms with Gasteiger partial charge in [0.05, 0.1) is 12.7 Å². The zero-order valence-electron chi connectivity index (χ0n) is 10.2. The summed E-state index contributed by atoms with van der Waals surface area (Å²) in [5.74, 6) is -0.399. The van der Waals surface area contributed by atoms with Gasteiger partial charge >= 0.3 is 5.97 Å². The first-order chi connectivity index (χ1) is 9.29. The molecular weight excluding hydrogens is 244 g/mol. The van der Waals surface area contributed by atoms with E-state index in [0.717, 1.165) is 16.6 Å². The van der Waals surface area contributed by atoms with Gasteiger partial charge in [-0.15, -0.1) is 0 Å². The fourth-order valence-corrected chi connectivity index (χ4v) is 1.90. The number of carbonyl (C=O) groups excluding carboxylic acids is 1. The summed E-state index contributed by atoms with van der Waals surface area (Å²) in [5, 5.41) is 4.88. The van der Waals surface area contributed by atoms with E-state index in [1.165, 1.54) is 7.11 Å². The van der Waals surface area contributed by atoms with E-state index in [0.29, 0.717) is 11.1 Å². The first-order valence-corrected chi connectivity index (χ1v) is 5.68. The number of hydrogen-bond donors (Lipinski definition) is 0. The average Bonchev–Trinajstić information content (AvgIpc) is 2.90. The molecular formula is C14H10N2O3. The third-order valence-electron chi connectivity index (χ3n) is 2.85. The van der Waals surface area contributed by atoms with Crippen molar-refractivity contribution in [2.45, 2.75) is 0 Å². The van der Waals surface area contributed by atoms with Crippen molar-refractivity contribution in [1.82, 2.24) is 10.1 Å². The van der Waals surface area contributed by atoms with Crippen molar-refractivity contribution < 1.29 is 14.1 Å². The van der Waals surface area contributed by atoms with E-state index in [1.807, 2.05) is 12.1 Å². The van der Waals surface area contributed by atoms with Gasteiger partial charge < -0.3 is 9.26 Å². The summed E-state index contributed by atoms with van der Waals surface area (Å²) in [7, 11) is 1.34. The number of methoxy groups -OCH3 is 1. The Hall–Kier alpha value is -2.69. The second-order valence-corrected chi connectivity index (χ2v) is 3.97. The Kier molecular flexibility index (Phi) is 2.72. The van der Waals surface area contributed by atoms with Crippen LogP contribution in [-0.2, 0) is 4.74 Å². The van der Waals surface area contributed by atoms with Crippen LogP contribution >= 0.6 is 0 Å². The number of esters is 1. The Morgan fingerprint density at radius 1 is 1.21 bits per heavy atom. The molecule has 0 atom stereocenters. The van der Waals surface area contributed by atoms with Crippen molar-refractivity contribution in [3.05, 3.63) is 48.3 Å². The van der Waals surface area contributed by atoms with Gasteiger partial charge in [-0.05, 0) is 30.3 Å². The van der Waals surface area contributed by atoms with Gasteiger partial charge in [0.1, 0.15) is 5.69 Å². The van der Waals surface area contributed by atoms with E-state index < -0.39 is 5.97 Å². The summed E-state index contributed by atoms with van der Waals surface area (Å²) in [6.07, 6.45) is 3.39. The lowest BCUT2D eigenvalue weighted by atomic mass is 10.1. The predicted molar refractivity (Wildman–Crippen MR) is 68.6 cm³/mol. The topological polar surface area (TPSA) is 65.2 Å². The summed E-state index contributed by atoms with van der Waals surface area (Å²) in [5.41, 5.74) is 2.63. The molecule has 1 aromatic carbocycles. The Balaban J connectivity index is 2.13. The first kappa shape index (κ1) is 11.4. The van der Waals surface area contributed by atoms with Crippen LogP contribution in [0.15, 0.2) is 47.2 Å². The number of carbonyl (C=O) groups is 1. The standard InChI is InChI=1S/C14H10N2O3/c1-18-14(17)10-2-3-11-12(8-10)19-16-13(11)9-4-6-15-7-5-9/h2-8H,1H3.